The highest BCUT2D eigenvalue weighted by Crippen LogP contribution is 2.08. The van der Waals surface area contributed by atoms with Crippen molar-refractivity contribution in [3.63, 3.8) is 0 Å². The first-order valence-corrected chi connectivity index (χ1v) is 4.53. The summed E-state index contributed by atoms with van der Waals surface area (Å²) >= 11 is 0. The lowest BCUT2D eigenvalue weighted by molar-refractivity contribution is 0.757. The quantitative estimate of drug-likeness (QED) is 0.558. The van der Waals surface area contributed by atoms with E-state index in [-0.39, 0.29) is 0 Å². The lowest BCUT2D eigenvalue weighted by atomic mass is 10.1. The molecule has 13 heavy (non-hydrogen) atoms. The second-order valence-electron chi connectivity index (χ2n) is 2.88. The Morgan fingerprint density at radius 1 is 1.31 bits per heavy atom. The number of nitriles is 1. The van der Waals surface area contributed by atoms with Gasteiger partial charge < -0.3 is 5.32 Å². The van der Waals surface area contributed by atoms with Gasteiger partial charge in [0.25, 0.3) is 0 Å². The van der Waals surface area contributed by atoms with Crippen LogP contribution in [0.3, 0.4) is 0 Å². The van der Waals surface area contributed by atoms with Gasteiger partial charge in [-0.25, -0.2) is 0 Å². The van der Waals surface area contributed by atoms with Crippen LogP contribution in [0.5, 0.6) is 0 Å². The van der Waals surface area contributed by atoms with Crippen molar-refractivity contribution in [2.24, 2.45) is 0 Å². The average Bonchev–Trinajstić information content (AvgIpc) is 2.19. The zero-order valence-electron chi connectivity index (χ0n) is 7.88. The van der Waals surface area contributed by atoms with Crippen molar-refractivity contribution in [1.29, 1.82) is 5.26 Å². The van der Waals surface area contributed by atoms with Crippen molar-refractivity contribution in [2.75, 3.05) is 6.54 Å². The highest BCUT2D eigenvalue weighted by atomic mass is 14.8. The van der Waals surface area contributed by atoms with E-state index in [9.17, 15) is 0 Å². The fourth-order valence-corrected chi connectivity index (χ4v) is 1.33. The van der Waals surface area contributed by atoms with Crippen LogP contribution in [0, 0.1) is 11.3 Å². The molecule has 0 aliphatic rings. The molecule has 0 aromatic heterocycles. The van der Waals surface area contributed by atoms with Gasteiger partial charge in [0.2, 0.25) is 0 Å². The molecule has 0 aliphatic carbocycles. The number of nitrogens with zero attached hydrogens (tertiary/aromatic N) is 1. The number of nitrogens with one attached hydrogen (secondary N) is 1. The Hall–Kier alpha value is -1.33. The summed E-state index contributed by atoms with van der Waals surface area (Å²) in [5.41, 5.74) is 2.65. The van der Waals surface area contributed by atoms with Gasteiger partial charge in [-0.3, -0.25) is 0 Å². The lowest BCUT2D eigenvalue weighted by Crippen LogP contribution is -2.14. The monoisotopic (exact) mass is 174 g/mol. The molecule has 0 heterocycles. The molecule has 0 aliphatic heterocycles. The minimum Gasteiger partial charge on any atom is -0.300 e. The standard InChI is InChI=1S/C11H14N2/c1-2-10-5-3-4-6-11(10)9-13-8-7-12/h3-6,13H,2,8-9H2,1H3. The average molecular weight is 174 g/mol. The predicted octanol–water partition coefficient (Wildman–Crippen LogP) is 1.86. The smallest absolute Gasteiger partial charge is 0.0843 e. The van der Waals surface area contributed by atoms with Gasteiger partial charge in [-0.15, -0.1) is 0 Å². The van der Waals surface area contributed by atoms with Crippen LogP contribution in [0.2, 0.25) is 0 Å². The Balaban J connectivity index is 2.60. The van der Waals surface area contributed by atoms with Crippen LogP contribution < -0.4 is 5.32 Å². The van der Waals surface area contributed by atoms with Crippen molar-refractivity contribution in [1.82, 2.24) is 5.32 Å². The van der Waals surface area contributed by atoms with Crippen LogP contribution in [0.25, 0.3) is 0 Å². The Bertz CT molecular complexity index is 299. The third kappa shape index (κ3) is 2.89. The van der Waals surface area contributed by atoms with Crippen molar-refractivity contribution < 1.29 is 0 Å². The van der Waals surface area contributed by atoms with Crippen LogP contribution in [0.1, 0.15) is 18.1 Å². The van der Waals surface area contributed by atoms with E-state index in [1.54, 1.807) is 0 Å². The van der Waals surface area contributed by atoms with Crippen molar-refractivity contribution in [3.05, 3.63) is 35.4 Å². The number of hydrogen-bond acceptors (Lipinski definition) is 2. The normalized spacial score (nSPS) is 9.54. The summed E-state index contributed by atoms with van der Waals surface area (Å²) in [4.78, 5) is 0. The van der Waals surface area contributed by atoms with E-state index in [2.05, 4.69) is 30.4 Å². The summed E-state index contributed by atoms with van der Waals surface area (Å²) in [7, 11) is 0. The number of benzene rings is 1. The zero-order chi connectivity index (χ0) is 9.52. The van der Waals surface area contributed by atoms with Gasteiger partial charge in [0, 0.05) is 6.54 Å². The summed E-state index contributed by atoms with van der Waals surface area (Å²) in [6.07, 6.45) is 1.05. The molecule has 1 aromatic rings. The first-order valence-electron chi connectivity index (χ1n) is 4.53. The zero-order valence-corrected chi connectivity index (χ0v) is 7.88. The van der Waals surface area contributed by atoms with Crippen LogP contribution in [0.15, 0.2) is 24.3 Å². The highest BCUT2D eigenvalue weighted by Gasteiger charge is 1.97. The van der Waals surface area contributed by atoms with Crippen LogP contribution >= 0.6 is 0 Å². The Morgan fingerprint density at radius 3 is 2.62 bits per heavy atom. The molecule has 0 saturated carbocycles. The summed E-state index contributed by atoms with van der Waals surface area (Å²) in [5, 5.41) is 11.4. The summed E-state index contributed by atoms with van der Waals surface area (Å²) in [6, 6.07) is 10.4. The molecule has 1 aromatic carbocycles. The van der Waals surface area contributed by atoms with E-state index in [1.165, 1.54) is 11.1 Å². The molecule has 2 nitrogen and oxygen atoms in total. The van der Waals surface area contributed by atoms with Gasteiger partial charge in [-0.1, -0.05) is 31.2 Å². The second kappa shape index (κ2) is 5.34. The molecular formula is C11H14N2. The molecule has 0 unspecified atom stereocenters. The van der Waals surface area contributed by atoms with Gasteiger partial charge in [0.05, 0.1) is 12.6 Å². The third-order valence-corrected chi connectivity index (χ3v) is 2.02. The number of hydrogen-bond donors (Lipinski definition) is 1. The molecule has 1 N–H and O–H groups in total. The Labute approximate surface area is 79.2 Å². The highest BCUT2D eigenvalue weighted by molar-refractivity contribution is 5.26. The first kappa shape index (κ1) is 9.76. The van der Waals surface area contributed by atoms with E-state index in [4.69, 9.17) is 5.26 Å². The van der Waals surface area contributed by atoms with Gasteiger partial charge >= 0.3 is 0 Å². The second-order valence-corrected chi connectivity index (χ2v) is 2.88. The largest absolute Gasteiger partial charge is 0.300 e. The molecule has 68 valence electrons. The van der Waals surface area contributed by atoms with Gasteiger partial charge in [-0.05, 0) is 17.5 Å². The molecule has 0 radical (unpaired) electrons. The molecule has 0 fully saturated rings. The summed E-state index contributed by atoms with van der Waals surface area (Å²) < 4.78 is 0. The lowest BCUT2D eigenvalue weighted by Gasteiger charge is -2.06. The van der Waals surface area contributed by atoms with E-state index < -0.39 is 0 Å². The fraction of sp³-hybridized carbons (Fsp3) is 0.364. The topological polar surface area (TPSA) is 35.8 Å². The minimum absolute atomic E-state index is 0.415. The molecule has 0 atom stereocenters. The van der Waals surface area contributed by atoms with Crippen LogP contribution in [-0.2, 0) is 13.0 Å². The van der Waals surface area contributed by atoms with Crippen LogP contribution in [0.4, 0.5) is 0 Å². The molecule has 0 bridgehead atoms. The Kier molecular flexibility index (Phi) is 4.01. The number of aryl methyl sites for hydroxylation is 1. The maximum atomic E-state index is 8.36. The molecule has 0 spiro atoms. The first-order chi connectivity index (χ1) is 6.38. The molecule has 1 rings (SSSR count). The molecule has 0 saturated heterocycles. The predicted molar refractivity (Wildman–Crippen MR) is 53.1 cm³/mol. The summed E-state index contributed by atoms with van der Waals surface area (Å²) in [6.45, 7) is 3.35. The maximum Gasteiger partial charge on any atom is 0.0843 e. The Morgan fingerprint density at radius 2 is 2.00 bits per heavy atom. The van der Waals surface area contributed by atoms with E-state index >= 15 is 0 Å². The van der Waals surface area contributed by atoms with Crippen molar-refractivity contribution in [3.8, 4) is 6.07 Å². The van der Waals surface area contributed by atoms with Gasteiger partial charge in [0.1, 0.15) is 0 Å². The third-order valence-electron chi connectivity index (χ3n) is 2.02. The molecule has 2 heteroatoms. The molecular weight excluding hydrogens is 160 g/mol. The van der Waals surface area contributed by atoms with E-state index in [1.807, 2.05) is 12.1 Å². The van der Waals surface area contributed by atoms with Crippen LogP contribution in [-0.4, -0.2) is 6.54 Å². The SMILES string of the molecule is CCc1ccccc1CNCC#N. The van der Waals surface area contributed by atoms with Gasteiger partial charge in [-0.2, -0.15) is 5.26 Å². The fourth-order valence-electron chi connectivity index (χ4n) is 1.33. The van der Waals surface area contributed by atoms with E-state index in [0.29, 0.717) is 6.54 Å². The van der Waals surface area contributed by atoms with E-state index in [0.717, 1.165) is 13.0 Å². The molecule has 0 amide bonds. The minimum atomic E-state index is 0.415. The number of rotatable bonds is 4. The summed E-state index contributed by atoms with van der Waals surface area (Å²) in [5.74, 6) is 0. The van der Waals surface area contributed by atoms with Crippen molar-refractivity contribution in [2.45, 2.75) is 19.9 Å². The van der Waals surface area contributed by atoms with Crippen molar-refractivity contribution >= 4 is 0 Å². The van der Waals surface area contributed by atoms with Gasteiger partial charge in [0.15, 0.2) is 0 Å². The maximum absolute atomic E-state index is 8.36.